The predicted octanol–water partition coefficient (Wildman–Crippen LogP) is -0.468. The van der Waals surface area contributed by atoms with Gasteiger partial charge in [0.05, 0.1) is 0 Å². The second-order valence-electron chi connectivity index (χ2n) is 2.61. The molecule has 0 aromatic carbocycles. The molecular formula is C6H14NO+. The topological polar surface area (TPSA) is 47.9 Å². The molecule has 0 aliphatic heterocycles. The van der Waals surface area contributed by atoms with E-state index in [1.807, 2.05) is 0 Å². The third kappa shape index (κ3) is 1.20. The second kappa shape index (κ2) is 2.46. The van der Waals surface area contributed by atoms with Gasteiger partial charge in [-0.15, -0.1) is 0 Å². The maximum absolute atomic E-state index is 9.12. The van der Waals surface area contributed by atoms with E-state index in [-0.39, 0.29) is 6.10 Å². The van der Waals surface area contributed by atoms with E-state index in [9.17, 15) is 0 Å². The largest absolute Gasteiger partial charge is 0.387 e. The van der Waals surface area contributed by atoms with Crippen molar-refractivity contribution in [1.82, 2.24) is 0 Å². The highest BCUT2D eigenvalue weighted by Crippen LogP contribution is 2.14. The molecule has 2 atom stereocenters. The minimum atomic E-state index is -0.108. The molecule has 0 radical (unpaired) electrons. The Kier molecular flexibility index (Phi) is 1.86. The molecule has 1 aliphatic carbocycles. The van der Waals surface area contributed by atoms with Crippen LogP contribution in [0.4, 0.5) is 0 Å². The first-order valence-corrected chi connectivity index (χ1v) is 3.32. The van der Waals surface area contributed by atoms with Gasteiger partial charge >= 0.3 is 0 Å². The van der Waals surface area contributed by atoms with Gasteiger partial charge in [-0.05, 0) is 12.8 Å². The standard InChI is InChI=1S/C6H13NO/c7-5-3-1-2-4-6(5)8/h5-6,8H,1-4,7H2/p+1/t5-,6+/m1/s1. The van der Waals surface area contributed by atoms with E-state index in [1.54, 1.807) is 0 Å². The summed E-state index contributed by atoms with van der Waals surface area (Å²) >= 11 is 0. The van der Waals surface area contributed by atoms with E-state index in [4.69, 9.17) is 5.11 Å². The van der Waals surface area contributed by atoms with Crippen LogP contribution in [0.25, 0.3) is 0 Å². The number of hydrogen-bond acceptors (Lipinski definition) is 1. The van der Waals surface area contributed by atoms with E-state index in [0.717, 1.165) is 12.8 Å². The van der Waals surface area contributed by atoms with Gasteiger partial charge in [0.25, 0.3) is 0 Å². The maximum atomic E-state index is 9.12. The average molecular weight is 116 g/mol. The van der Waals surface area contributed by atoms with Crippen molar-refractivity contribution in [2.24, 2.45) is 0 Å². The Balaban J connectivity index is 2.28. The van der Waals surface area contributed by atoms with E-state index in [0.29, 0.717) is 6.04 Å². The van der Waals surface area contributed by atoms with Crippen molar-refractivity contribution in [3.8, 4) is 0 Å². The third-order valence-electron chi connectivity index (χ3n) is 1.87. The first-order valence-electron chi connectivity index (χ1n) is 3.32. The monoisotopic (exact) mass is 116 g/mol. The smallest absolute Gasteiger partial charge is 0.111 e. The molecule has 1 rings (SSSR count). The zero-order chi connectivity index (χ0) is 5.98. The molecule has 1 aliphatic rings. The van der Waals surface area contributed by atoms with E-state index >= 15 is 0 Å². The molecule has 48 valence electrons. The van der Waals surface area contributed by atoms with E-state index in [2.05, 4.69) is 5.73 Å². The average Bonchev–Trinajstić information content (AvgIpc) is 1.77. The number of quaternary nitrogens is 1. The lowest BCUT2D eigenvalue weighted by Crippen LogP contribution is -2.67. The second-order valence-corrected chi connectivity index (χ2v) is 2.61. The first kappa shape index (κ1) is 6.05. The molecule has 0 unspecified atom stereocenters. The molecule has 0 aromatic rings. The maximum Gasteiger partial charge on any atom is 0.111 e. The highest BCUT2D eigenvalue weighted by Gasteiger charge is 2.21. The summed E-state index contributed by atoms with van der Waals surface area (Å²) in [5, 5.41) is 9.12. The fraction of sp³-hybridized carbons (Fsp3) is 1.00. The molecule has 4 N–H and O–H groups in total. The molecule has 0 spiro atoms. The van der Waals surface area contributed by atoms with Crippen molar-refractivity contribution in [3.63, 3.8) is 0 Å². The van der Waals surface area contributed by atoms with Gasteiger partial charge in [0.1, 0.15) is 12.1 Å². The van der Waals surface area contributed by atoms with Crippen molar-refractivity contribution in [1.29, 1.82) is 0 Å². The van der Waals surface area contributed by atoms with Crippen molar-refractivity contribution >= 4 is 0 Å². The van der Waals surface area contributed by atoms with Crippen LogP contribution in [0.2, 0.25) is 0 Å². The molecule has 2 nitrogen and oxygen atoms in total. The first-order chi connectivity index (χ1) is 3.80. The fourth-order valence-corrected chi connectivity index (χ4v) is 1.19. The van der Waals surface area contributed by atoms with Crippen LogP contribution in [-0.2, 0) is 0 Å². The molecule has 2 heteroatoms. The van der Waals surface area contributed by atoms with Crippen molar-refractivity contribution < 1.29 is 10.8 Å². The number of aliphatic hydroxyl groups excluding tert-OH is 1. The normalized spacial score (nSPS) is 39.8. The molecule has 0 saturated heterocycles. The highest BCUT2D eigenvalue weighted by molar-refractivity contribution is 4.70. The van der Waals surface area contributed by atoms with Crippen LogP contribution in [0.3, 0.4) is 0 Å². The Morgan fingerprint density at radius 1 is 1.25 bits per heavy atom. The van der Waals surface area contributed by atoms with Gasteiger partial charge in [-0.3, -0.25) is 0 Å². The van der Waals surface area contributed by atoms with Crippen molar-refractivity contribution in [2.45, 2.75) is 37.8 Å². The fourth-order valence-electron chi connectivity index (χ4n) is 1.19. The van der Waals surface area contributed by atoms with Crippen LogP contribution < -0.4 is 5.73 Å². The van der Waals surface area contributed by atoms with Crippen LogP contribution >= 0.6 is 0 Å². The molecule has 1 fully saturated rings. The number of hydrogen-bond donors (Lipinski definition) is 2. The lowest BCUT2D eigenvalue weighted by Gasteiger charge is -2.20. The summed E-state index contributed by atoms with van der Waals surface area (Å²) in [4.78, 5) is 0. The van der Waals surface area contributed by atoms with Crippen molar-refractivity contribution in [2.75, 3.05) is 0 Å². The van der Waals surface area contributed by atoms with Gasteiger partial charge in [0.15, 0.2) is 0 Å². The minimum absolute atomic E-state index is 0.108. The predicted molar refractivity (Wildman–Crippen MR) is 31.2 cm³/mol. The van der Waals surface area contributed by atoms with Gasteiger partial charge in [0.2, 0.25) is 0 Å². The molecule has 0 bridgehead atoms. The zero-order valence-corrected chi connectivity index (χ0v) is 5.14. The Morgan fingerprint density at radius 2 is 1.88 bits per heavy atom. The summed E-state index contributed by atoms with van der Waals surface area (Å²) in [5.41, 5.74) is 3.83. The minimum Gasteiger partial charge on any atom is -0.387 e. The summed E-state index contributed by atoms with van der Waals surface area (Å²) < 4.78 is 0. The van der Waals surface area contributed by atoms with Gasteiger partial charge in [-0.2, -0.15) is 0 Å². The van der Waals surface area contributed by atoms with Crippen molar-refractivity contribution in [3.05, 3.63) is 0 Å². The summed E-state index contributed by atoms with van der Waals surface area (Å²) in [6.07, 6.45) is 4.41. The summed E-state index contributed by atoms with van der Waals surface area (Å²) in [7, 11) is 0. The SMILES string of the molecule is [NH3+][C@@H]1CCCC[C@@H]1O. The van der Waals surface area contributed by atoms with Gasteiger partial charge in [-0.1, -0.05) is 6.42 Å². The summed E-state index contributed by atoms with van der Waals surface area (Å²) in [6, 6.07) is 0.309. The molecule has 1 saturated carbocycles. The summed E-state index contributed by atoms with van der Waals surface area (Å²) in [5.74, 6) is 0. The van der Waals surface area contributed by atoms with Crippen LogP contribution in [0.15, 0.2) is 0 Å². The van der Waals surface area contributed by atoms with E-state index < -0.39 is 0 Å². The van der Waals surface area contributed by atoms with Gasteiger partial charge in [0, 0.05) is 6.42 Å². The molecule has 0 heterocycles. The van der Waals surface area contributed by atoms with Crippen LogP contribution in [0, 0.1) is 0 Å². The Labute approximate surface area is 49.7 Å². The Bertz CT molecular complexity index is 64.9. The molecule has 0 amide bonds. The third-order valence-corrected chi connectivity index (χ3v) is 1.87. The quantitative estimate of drug-likeness (QED) is 0.441. The Morgan fingerprint density at radius 3 is 2.25 bits per heavy atom. The Hall–Kier alpha value is -0.0800. The van der Waals surface area contributed by atoms with E-state index in [1.165, 1.54) is 12.8 Å². The van der Waals surface area contributed by atoms with Crippen LogP contribution in [0.5, 0.6) is 0 Å². The lowest BCUT2D eigenvalue weighted by molar-refractivity contribution is -0.442. The van der Waals surface area contributed by atoms with Gasteiger partial charge in [-0.25, -0.2) is 0 Å². The molecular weight excluding hydrogens is 102 g/mol. The number of aliphatic hydroxyl groups is 1. The zero-order valence-electron chi connectivity index (χ0n) is 5.14. The van der Waals surface area contributed by atoms with Gasteiger partial charge < -0.3 is 10.8 Å². The molecule has 0 aromatic heterocycles. The lowest BCUT2D eigenvalue weighted by atomic mass is 9.94. The highest BCUT2D eigenvalue weighted by atomic mass is 16.3. The number of rotatable bonds is 0. The van der Waals surface area contributed by atoms with Crippen LogP contribution in [0.1, 0.15) is 25.7 Å². The van der Waals surface area contributed by atoms with Crippen LogP contribution in [-0.4, -0.2) is 17.3 Å². The molecule has 8 heavy (non-hydrogen) atoms. The summed E-state index contributed by atoms with van der Waals surface area (Å²) in [6.45, 7) is 0.